The van der Waals surface area contributed by atoms with Crippen molar-refractivity contribution in [2.24, 2.45) is 5.73 Å². The fourth-order valence-corrected chi connectivity index (χ4v) is 1.63. The summed E-state index contributed by atoms with van der Waals surface area (Å²) in [6.45, 7) is -0.0516. The number of nitrogen functional groups attached to an aromatic ring is 1. The van der Waals surface area contributed by atoms with Gasteiger partial charge in [0.15, 0.2) is 0 Å². The number of nitrogens with zero attached hydrogens (tertiary/aromatic N) is 1. The highest BCUT2D eigenvalue weighted by atomic mass is 16.5. The lowest BCUT2D eigenvalue weighted by Gasteiger charge is -2.07. The molecule has 0 atom stereocenters. The van der Waals surface area contributed by atoms with Crippen LogP contribution >= 0.6 is 0 Å². The predicted octanol–water partition coefficient (Wildman–Crippen LogP) is 1.12. The lowest BCUT2D eigenvalue weighted by molar-refractivity contribution is 0.0463. The standard InChI is InChI=1S/C14H13N3O3/c15-10-5-6-12(17-7-10)14(19)20-8-9-3-1-2-4-11(9)13(16)18/h1-7H,8,15H2,(H2,16,18). The number of esters is 1. The van der Waals surface area contributed by atoms with Gasteiger partial charge in [0, 0.05) is 11.1 Å². The molecule has 2 aromatic rings. The summed E-state index contributed by atoms with van der Waals surface area (Å²) in [5.74, 6) is -1.16. The van der Waals surface area contributed by atoms with Gasteiger partial charge in [0.05, 0.1) is 11.9 Å². The van der Waals surface area contributed by atoms with E-state index in [1.165, 1.54) is 12.3 Å². The van der Waals surface area contributed by atoms with Crippen LogP contribution in [0.3, 0.4) is 0 Å². The van der Waals surface area contributed by atoms with Crippen molar-refractivity contribution in [1.29, 1.82) is 0 Å². The number of rotatable bonds is 4. The maximum absolute atomic E-state index is 11.8. The highest BCUT2D eigenvalue weighted by molar-refractivity contribution is 5.94. The molecule has 0 spiro atoms. The van der Waals surface area contributed by atoms with Crippen molar-refractivity contribution in [3.8, 4) is 0 Å². The Bertz CT molecular complexity index is 638. The molecule has 0 unspecified atom stereocenters. The molecule has 0 aliphatic carbocycles. The van der Waals surface area contributed by atoms with E-state index in [0.717, 1.165) is 0 Å². The van der Waals surface area contributed by atoms with Gasteiger partial charge in [-0.3, -0.25) is 4.79 Å². The second kappa shape index (κ2) is 5.83. The van der Waals surface area contributed by atoms with Crippen molar-refractivity contribution < 1.29 is 14.3 Å². The summed E-state index contributed by atoms with van der Waals surface area (Å²) in [5, 5.41) is 0. The maximum Gasteiger partial charge on any atom is 0.357 e. The van der Waals surface area contributed by atoms with E-state index in [1.807, 2.05) is 0 Å². The third-order valence-corrected chi connectivity index (χ3v) is 2.64. The number of ether oxygens (including phenoxy) is 1. The zero-order chi connectivity index (χ0) is 14.5. The largest absolute Gasteiger partial charge is 0.456 e. The summed E-state index contributed by atoms with van der Waals surface area (Å²) >= 11 is 0. The summed E-state index contributed by atoms with van der Waals surface area (Å²) in [4.78, 5) is 26.9. The Morgan fingerprint density at radius 2 is 1.90 bits per heavy atom. The molecule has 0 aliphatic rings. The molecule has 102 valence electrons. The van der Waals surface area contributed by atoms with Gasteiger partial charge < -0.3 is 16.2 Å². The van der Waals surface area contributed by atoms with E-state index in [0.29, 0.717) is 16.8 Å². The first-order valence-electron chi connectivity index (χ1n) is 5.84. The van der Waals surface area contributed by atoms with Gasteiger partial charge in [0.2, 0.25) is 5.91 Å². The van der Waals surface area contributed by atoms with Gasteiger partial charge in [-0.25, -0.2) is 9.78 Å². The predicted molar refractivity (Wildman–Crippen MR) is 72.7 cm³/mol. The average Bonchev–Trinajstić information content (AvgIpc) is 2.45. The first-order valence-corrected chi connectivity index (χ1v) is 5.84. The van der Waals surface area contributed by atoms with Crippen LogP contribution in [0.4, 0.5) is 5.69 Å². The summed E-state index contributed by atoms with van der Waals surface area (Å²) in [6.07, 6.45) is 1.37. The Morgan fingerprint density at radius 3 is 2.55 bits per heavy atom. The number of primary amides is 1. The lowest BCUT2D eigenvalue weighted by atomic mass is 10.1. The topological polar surface area (TPSA) is 108 Å². The normalized spacial score (nSPS) is 10.0. The molecule has 6 heteroatoms. The molecule has 1 amide bonds. The Balaban J connectivity index is 2.07. The summed E-state index contributed by atoms with van der Waals surface area (Å²) in [5.41, 5.74) is 12.2. The van der Waals surface area contributed by atoms with E-state index in [2.05, 4.69) is 4.98 Å². The molecule has 0 saturated heterocycles. The number of hydrogen-bond acceptors (Lipinski definition) is 5. The summed E-state index contributed by atoms with van der Waals surface area (Å²) in [7, 11) is 0. The van der Waals surface area contributed by atoms with Crippen LogP contribution in [-0.4, -0.2) is 16.9 Å². The molecule has 0 radical (unpaired) electrons. The Labute approximate surface area is 115 Å². The molecule has 0 fully saturated rings. The van der Waals surface area contributed by atoms with Gasteiger partial charge in [-0.15, -0.1) is 0 Å². The minimum Gasteiger partial charge on any atom is -0.456 e. The molecule has 1 aromatic heterocycles. The van der Waals surface area contributed by atoms with Gasteiger partial charge in [-0.1, -0.05) is 18.2 Å². The SMILES string of the molecule is NC(=O)c1ccccc1COC(=O)c1ccc(N)cn1. The van der Waals surface area contributed by atoms with Gasteiger partial charge in [-0.05, 0) is 18.2 Å². The number of carbonyl (C=O) groups excluding carboxylic acids is 2. The van der Waals surface area contributed by atoms with E-state index in [9.17, 15) is 9.59 Å². The molecule has 0 aliphatic heterocycles. The van der Waals surface area contributed by atoms with E-state index in [1.54, 1.807) is 30.3 Å². The molecular weight excluding hydrogens is 258 g/mol. The van der Waals surface area contributed by atoms with Crippen LogP contribution < -0.4 is 11.5 Å². The zero-order valence-electron chi connectivity index (χ0n) is 10.6. The highest BCUT2D eigenvalue weighted by Crippen LogP contribution is 2.11. The molecule has 1 aromatic carbocycles. The number of nitrogens with two attached hydrogens (primary N) is 2. The van der Waals surface area contributed by atoms with Crippen molar-refractivity contribution in [3.63, 3.8) is 0 Å². The van der Waals surface area contributed by atoms with Gasteiger partial charge in [0.25, 0.3) is 0 Å². The van der Waals surface area contributed by atoms with E-state index < -0.39 is 11.9 Å². The van der Waals surface area contributed by atoms with Crippen LogP contribution in [0.25, 0.3) is 0 Å². The number of amides is 1. The number of aromatic nitrogens is 1. The quantitative estimate of drug-likeness (QED) is 0.810. The summed E-state index contributed by atoms with van der Waals surface area (Å²) in [6, 6.07) is 9.69. The second-order valence-corrected chi connectivity index (χ2v) is 4.07. The fourth-order valence-electron chi connectivity index (χ4n) is 1.63. The van der Waals surface area contributed by atoms with Crippen molar-refractivity contribution >= 4 is 17.6 Å². The third kappa shape index (κ3) is 3.11. The molecule has 6 nitrogen and oxygen atoms in total. The van der Waals surface area contributed by atoms with Crippen LogP contribution in [0, 0.1) is 0 Å². The number of benzene rings is 1. The number of pyridine rings is 1. The molecule has 4 N–H and O–H groups in total. The van der Waals surface area contributed by atoms with Crippen LogP contribution in [0.5, 0.6) is 0 Å². The van der Waals surface area contributed by atoms with Crippen LogP contribution in [0.1, 0.15) is 26.4 Å². The molecule has 2 rings (SSSR count). The number of anilines is 1. The Hall–Kier alpha value is -2.89. The number of carbonyl (C=O) groups is 2. The highest BCUT2D eigenvalue weighted by Gasteiger charge is 2.12. The molecule has 20 heavy (non-hydrogen) atoms. The minimum absolute atomic E-state index is 0.0516. The average molecular weight is 271 g/mol. The Morgan fingerprint density at radius 1 is 1.15 bits per heavy atom. The molecular formula is C14H13N3O3. The monoisotopic (exact) mass is 271 g/mol. The first-order chi connectivity index (χ1) is 9.58. The molecule has 0 bridgehead atoms. The van der Waals surface area contributed by atoms with E-state index >= 15 is 0 Å². The van der Waals surface area contributed by atoms with Crippen molar-refractivity contribution in [1.82, 2.24) is 4.98 Å². The van der Waals surface area contributed by atoms with Gasteiger partial charge in [-0.2, -0.15) is 0 Å². The van der Waals surface area contributed by atoms with Crippen LogP contribution in [0.2, 0.25) is 0 Å². The van der Waals surface area contributed by atoms with E-state index in [4.69, 9.17) is 16.2 Å². The first kappa shape index (κ1) is 13.5. The second-order valence-electron chi connectivity index (χ2n) is 4.07. The van der Waals surface area contributed by atoms with Gasteiger partial charge >= 0.3 is 5.97 Å². The van der Waals surface area contributed by atoms with E-state index in [-0.39, 0.29) is 12.3 Å². The molecule has 0 saturated carbocycles. The zero-order valence-corrected chi connectivity index (χ0v) is 10.6. The fraction of sp³-hybridized carbons (Fsp3) is 0.0714. The third-order valence-electron chi connectivity index (χ3n) is 2.64. The van der Waals surface area contributed by atoms with Crippen LogP contribution in [-0.2, 0) is 11.3 Å². The minimum atomic E-state index is -0.593. The van der Waals surface area contributed by atoms with Crippen molar-refractivity contribution in [3.05, 3.63) is 59.4 Å². The van der Waals surface area contributed by atoms with Crippen molar-refractivity contribution in [2.45, 2.75) is 6.61 Å². The number of hydrogen-bond donors (Lipinski definition) is 2. The smallest absolute Gasteiger partial charge is 0.357 e. The Kier molecular flexibility index (Phi) is 3.95. The van der Waals surface area contributed by atoms with Gasteiger partial charge in [0.1, 0.15) is 12.3 Å². The van der Waals surface area contributed by atoms with Crippen molar-refractivity contribution in [2.75, 3.05) is 5.73 Å². The van der Waals surface area contributed by atoms with Crippen LogP contribution in [0.15, 0.2) is 42.6 Å². The molecule has 1 heterocycles. The summed E-state index contributed by atoms with van der Waals surface area (Å²) < 4.78 is 5.09. The lowest BCUT2D eigenvalue weighted by Crippen LogP contribution is -2.15. The maximum atomic E-state index is 11.8.